The summed E-state index contributed by atoms with van der Waals surface area (Å²) in [6, 6.07) is 10.6. The molecule has 0 atom stereocenters. The highest BCUT2D eigenvalue weighted by atomic mass is 29.3. The molecular weight excluding hydrogens is 228 g/mol. The standard InChI is InChI=1S/C13H24OSi2/c1-15(2,3)16(4,5)14-12-11-13-9-7-6-8-10-13/h6-10H,11-12H2,1-5H3. The van der Waals surface area contributed by atoms with Crippen LogP contribution in [0, 0.1) is 0 Å². The van der Waals surface area contributed by atoms with E-state index in [0.717, 1.165) is 13.0 Å². The van der Waals surface area contributed by atoms with Crippen molar-refractivity contribution in [2.75, 3.05) is 6.61 Å². The predicted molar refractivity (Wildman–Crippen MR) is 76.9 cm³/mol. The van der Waals surface area contributed by atoms with Gasteiger partial charge in [-0.3, -0.25) is 0 Å². The van der Waals surface area contributed by atoms with E-state index in [0.29, 0.717) is 0 Å². The lowest BCUT2D eigenvalue weighted by molar-refractivity contribution is 0.322. The molecule has 1 aromatic rings. The van der Waals surface area contributed by atoms with E-state index in [1.165, 1.54) is 5.56 Å². The first-order chi connectivity index (χ1) is 7.33. The molecule has 0 aromatic heterocycles. The zero-order valence-corrected chi connectivity index (χ0v) is 13.2. The van der Waals surface area contributed by atoms with Gasteiger partial charge in [0.25, 0.3) is 0 Å². The van der Waals surface area contributed by atoms with E-state index >= 15 is 0 Å². The average Bonchev–Trinajstić information content (AvgIpc) is 2.17. The molecule has 0 spiro atoms. The van der Waals surface area contributed by atoms with Crippen LogP contribution in [0.4, 0.5) is 0 Å². The zero-order valence-electron chi connectivity index (χ0n) is 11.2. The highest BCUT2D eigenvalue weighted by Gasteiger charge is 2.38. The van der Waals surface area contributed by atoms with Gasteiger partial charge in [0.2, 0.25) is 0 Å². The quantitative estimate of drug-likeness (QED) is 0.723. The molecule has 0 bridgehead atoms. The Bertz CT molecular complexity index is 314. The summed E-state index contributed by atoms with van der Waals surface area (Å²) in [6.45, 7) is 12.9. The second-order valence-electron chi connectivity index (χ2n) is 5.84. The molecule has 90 valence electrons. The minimum Gasteiger partial charge on any atom is -0.420 e. The Labute approximate surface area is 102 Å². The largest absolute Gasteiger partial charge is 0.420 e. The lowest BCUT2D eigenvalue weighted by atomic mass is 10.2. The van der Waals surface area contributed by atoms with Gasteiger partial charge in [0.15, 0.2) is 7.83 Å². The van der Waals surface area contributed by atoms with E-state index < -0.39 is 15.4 Å². The molecule has 16 heavy (non-hydrogen) atoms. The van der Waals surface area contributed by atoms with E-state index in [1.807, 2.05) is 0 Å². The smallest absolute Gasteiger partial charge is 0.173 e. The topological polar surface area (TPSA) is 9.23 Å². The third kappa shape index (κ3) is 3.88. The fraction of sp³-hybridized carbons (Fsp3) is 0.538. The predicted octanol–water partition coefficient (Wildman–Crippen LogP) is 3.87. The van der Waals surface area contributed by atoms with Crippen molar-refractivity contribution in [1.29, 1.82) is 0 Å². The first-order valence-electron chi connectivity index (χ1n) is 6.01. The first kappa shape index (κ1) is 13.7. The van der Waals surface area contributed by atoms with Crippen LogP contribution in [-0.2, 0) is 10.8 Å². The fourth-order valence-electron chi connectivity index (χ4n) is 1.29. The minimum absolute atomic E-state index is 0.882. The number of benzene rings is 1. The number of hydrogen-bond donors (Lipinski definition) is 0. The molecule has 1 rings (SSSR count). The molecule has 0 fully saturated rings. The van der Waals surface area contributed by atoms with Gasteiger partial charge in [0.05, 0.1) is 7.59 Å². The van der Waals surface area contributed by atoms with Crippen LogP contribution in [0.3, 0.4) is 0 Å². The zero-order chi connectivity index (χ0) is 12.2. The van der Waals surface area contributed by atoms with Gasteiger partial charge >= 0.3 is 0 Å². The Morgan fingerprint density at radius 3 is 2.00 bits per heavy atom. The van der Waals surface area contributed by atoms with Crippen LogP contribution in [0.25, 0.3) is 0 Å². The van der Waals surface area contributed by atoms with Gasteiger partial charge in [-0.05, 0) is 25.1 Å². The summed E-state index contributed by atoms with van der Waals surface area (Å²) in [7, 11) is -2.53. The Morgan fingerprint density at radius 1 is 0.938 bits per heavy atom. The average molecular weight is 253 g/mol. The molecule has 0 N–H and O–H groups in total. The summed E-state index contributed by atoms with van der Waals surface area (Å²) >= 11 is 0. The number of rotatable bonds is 5. The molecule has 0 heterocycles. The van der Waals surface area contributed by atoms with Crippen LogP contribution in [-0.4, -0.2) is 22.0 Å². The van der Waals surface area contributed by atoms with E-state index in [-0.39, 0.29) is 0 Å². The molecule has 3 heteroatoms. The van der Waals surface area contributed by atoms with Crippen molar-refractivity contribution in [2.24, 2.45) is 0 Å². The minimum atomic E-state index is -1.42. The van der Waals surface area contributed by atoms with Crippen LogP contribution in [0.5, 0.6) is 0 Å². The molecule has 0 aliphatic heterocycles. The third-order valence-electron chi connectivity index (χ3n) is 3.50. The summed E-state index contributed by atoms with van der Waals surface area (Å²) in [4.78, 5) is 0. The van der Waals surface area contributed by atoms with Crippen molar-refractivity contribution in [3.05, 3.63) is 35.9 Å². The molecule has 0 saturated heterocycles. The van der Waals surface area contributed by atoms with E-state index in [9.17, 15) is 0 Å². The van der Waals surface area contributed by atoms with Crippen molar-refractivity contribution < 1.29 is 4.43 Å². The Balaban J connectivity index is 2.42. The van der Waals surface area contributed by atoms with Gasteiger partial charge < -0.3 is 4.43 Å². The van der Waals surface area contributed by atoms with Gasteiger partial charge in [-0.25, -0.2) is 0 Å². The van der Waals surface area contributed by atoms with Crippen molar-refractivity contribution in [3.63, 3.8) is 0 Å². The van der Waals surface area contributed by atoms with Crippen molar-refractivity contribution >= 4 is 15.4 Å². The van der Waals surface area contributed by atoms with Crippen LogP contribution in [0.2, 0.25) is 32.7 Å². The summed E-state index contributed by atoms with van der Waals surface area (Å²) < 4.78 is 6.20. The van der Waals surface area contributed by atoms with Gasteiger partial charge in [-0.15, -0.1) is 0 Å². The summed E-state index contributed by atoms with van der Waals surface area (Å²) in [5, 5.41) is 0. The lowest BCUT2D eigenvalue weighted by Gasteiger charge is -2.34. The van der Waals surface area contributed by atoms with E-state index in [1.54, 1.807) is 0 Å². The molecule has 1 nitrogen and oxygen atoms in total. The second kappa shape index (κ2) is 5.30. The number of hydrogen-bond acceptors (Lipinski definition) is 1. The molecule has 0 aliphatic carbocycles. The molecule has 0 amide bonds. The second-order valence-corrected chi connectivity index (χ2v) is 21.8. The van der Waals surface area contributed by atoms with Crippen molar-refractivity contribution in [3.8, 4) is 0 Å². The monoisotopic (exact) mass is 252 g/mol. The van der Waals surface area contributed by atoms with Crippen molar-refractivity contribution in [2.45, 2.75) is 39.2 Å². The van der Waals surface area contributed by atoms with Crippen molar-refractivity contribution in [1.82, 2.24) is 0 Å². The Morgan fingerprint density at radius 2 is 1.50 bits per heavy atom. The van der Waals surface area contributed by atoms with Gasteiger partial charge in [0, 0.05) is 6.61 Å². The maximum atomic E-state index is 6.20. The molecule has 0 unspecified atom stereocenters. The highest BCUT2D eigenvalue weighted by molar-refractivity contribution is 7.37. The fourth-order valence-corrected chi connectivity index (χ4v) is 3.94. The summed E-state index contributed by atoms with van der Waals surface area (Å²) in [6.07, 6.45) is 1.04. The normalized spacial score (nSPS) is 12.8. The highest BCUT2D eigenvalue weighted by Crippen LogP contribution is 2.20. The van der Waals surface area contributed by atoms with Crippen LogP contribution < -0.4 is 0 Å². The molecule has 0 radical (unpaired) electrons. The maximum Gasteiger partial charge on any atom is 0.173 e. The summed E-state index contributed by atoms with van der Waals surface area (Å²) in [5.74, 6) is 0. The van der Waals surface area contributed by atoms with Crippen LogP contribution in [0.1, 0.15) is 5.56 Å². The Kier molecular flexibility index (Phi) is 4.53. The van der Waals surface area contributed by atoms with Crippen LogP contribution >= 0.6 is 0 Å². The molecule has 0 aliphatic rings. The third-order valence-corrected chi connectivity index (χ3v) is 19.3. The Hall–Kier alpha value is -0.386. The molecular formula is C13H24OSi2. The molecule has 0 saturated carbocycles. The van der Waals surface area contributed by atoms with Gasteiger partial charge in [-0.1, -0.05) is 50.0 Å². The lowest BCUT2D eigenvalue weighted by Crippen LogP contribution is -2.55. The van der Waals surface area contributed by atoms with E-state index in [4.69, 9.17) is 4.43 Å². The first-order valence-corrected chi connectivity index (χ1v) is 13.4. The SMILES string of the molecule is C[Si](C)(C)[Si](C)(C)OCCc1ccccc1. The van der Waals surface area contributed by atoms with Gasteiger partial charge in [0.1, 0.15) is 0 Å². The van der Waals surface area contributed by atoms with Crippen LogP contribution in [0.15, 0.2) is 30.3 Å². The van der Waals surface area contributed by atoms with E-state index in [2.05, 4.69) is 63.1 Å². The summed E-state index contributed by atoms with van der Waals surface area (Å²) in [5.41, 5.74) is 1.38. The maximum absolute atomic E-state index is 6.20. The molecule has 1 aromatic carbocycles. The van der Waals surface area contributed by atoms with Gasteiger partial charge in [-0.2, -0.15) is 0 Å².